The highest BCUT2D eigenvalue weighted by molar-refractivity contribution is 7.80. The minimum absolute atomic E-state index is 0.116. The minimum atomic E-state index is -0.900. The zero-order valence-corrected chi connectivity index (χ0v) is 18.7. The average Bonchev–Trinajstić information content (AvgIpc) is 2.86. The topological polar surface area (TPSA) is 49.3 Å². The molecule has 32 heavy (non-hydrogen) atoms. The normalized spacial score (nSPS) is 11.8. The van der Waals surface area contributed by atoms with Gasteiger partial charge in [0.05, 0.1) is 12.6 Å². The summed E-state index contributed by atoms with van der Waals surface area (Å²) >= 11 is 0. The van der Waals surface area contributed by atoms with Gasteiger partial charge in [0.25, 0.3) is 5.91 Å². The number of nitrogens with one attached hydrogen (secondary N) is 1. The lowest BCUT2D eigenvalue weighted by atomic mass is 10.1. The van der Waals surface area contributed by atoms with Crippen molar-refractivity contribution in [3.63, 3.8) is 0 Å². The van der Waals surface area contributed by atoms with Gasteiger partial charge in [-0.1, -0.05) is 109 Å². The van der Waals surface area contributed by atoms with E-state index in [-0.39, 0.29) is 18.6 Å². The van der Waals surface area contributed by atoms with E-state index in [4.69, 9.17) is 0 Å². The molecular weight excluding hydrogens is 413 g/mol. The van der Waals surface area contributed by atoms with E-state index in [0.717, 1.165) is 10.9 Å². The van der Waals surface area contributed by atoms with Crippen LogP contribution in [-0.2, 0) is 6.42 Å². The van der Waals surface area contributed by atoms with Gasteiger partial charge in [-0.25, -0.2) is 0 Å². The maximum absolute atomic E-state index is 13.4. The van der Waals surface area contributed by atoms with Gasteiger partial charge in [0.2, 0.25) is 0 Å². The van der Waals surface area contributed by atoms with Gasteiger partial charge < -0.3 is 10.4 Å². The van der Waals surface area contributed by atoms with Gasteiger partial charge in [-0.05, 0) is 41.9 Å². The Bertz CT molecular complexity index is 1090. The summed E-state index contributed by atoms with van der Waals surface area (Å²) in [5.74, 6) is -0.157. The molecule has 3 nitrogen and oxygen atoms in total. The molecule has 2 N–H and O–H groups in total. The fourth-order valence-electron chi connectivity index (χ4n) is 3.76. The molecule has 0 aliphatic rings. The number of benzene rings is 4. The molecule has 0 radical (unpaired) electrons. The molecule has 0 fully saturated rings. The van der Waals surface area contributed by atoms with E-state index in [0.29, 0.717) is 12.0 Å². The van der Waals surface area contributed by atoms with Crippen molar-refractivity contribution in [3.05, 3.63) is 126 Å². The average molecular weight is 439 g/mol. The van der Waals surface area contributed by atoms with E-state index in [9.17, 15) is 9.90 Å². The van der Waals surface area contributed by atoms with Gasteiger partial charge in [-0.15, -0.1) is 0 Å². The van der Waals surface area contributed by atoms with Gasteiger partial charge in [0, 0.05) is 5.56 Å². The molecule has 0 saturated carbocycles. The third-order valence-corrected chi connectivity index (χ3v) is 7.80. The molecule has 0 unspecified atom stereocenters. The second-order valence-electron chi connectivity index (χ2n) is 7.57. The van der Waals surface area contributed by atoms with Crippen LogP contribution < -0.4 is 21.2 Å². The van der Waals surface area contributed by atoms with Gasteiger partial charge >= 0.3 is 0 Å². The maximum Gasteiger partial charge on any atom is 0.252 e. The highest BCUT2D eigenvalue weighted by Crippen LogP contribution is 2.34. The smallest absolute Gasteiger partial charge is 0.252 e. The van der Waals surface area contributed by atoms with Crippen LogP contribution in [0, 0.1) is 0 Å². The van der Waals surface area contributed by atoms with Gasteiger partial charge in [0.15, 0.2) is 0 Å². The number of aliphatic hydroxyl groups excluding tert-OH is 1. The van der Waals surface area contributed by atoms with Crippen molar-refractivity contribution in [2.45, 2.75) is 12.5 Å². The van der Waals surface area contributed by atoms with Crippen LogP contribution in [0.4, 0.5) is 0 Å². The molecule has 4 heteroatoms. The summed E-state index contributed by atoms with van der Waals surface area (Å²) in [6, 6.07) is 38.0. The molecule has 1 atom stereocenters. The van der Waals surface area contributed by atoms with Crippen LogP contribution >= 0.6 is 7.92 Å². The third kappa shape index (κ3) is 5.31. The summed E-state index contributed by atoms with van der Waals surface area (Å²) in [6.45, 7) is -0.116. The third-order valence-electron chi connectivity index (χ3n) is 5.30. The largest absolute Gasteiger partial charge is 0.394 e. The Balaban J connectivity index is 1.67. The van der Waals surface area contributed by atoms with E-state index in [1.165, 1.54) is 10.6 Å². The zero-order chi connectivity index (χ0) is 22.2. The standard InChI is InChI=1S/C28H26NO2P/c30-21-23(20-22-12-4-1-5-13-22)29-28(31)26-18-10-11-19-27(26)32(24-14-6-2-7-15-24)25-16-8-3-9-17-25/h1-19,23,30H,20-21H2,(H,29,31)/t23-/m0/s1. The molecule has 4 aromatic rings. The van der Waals surface area contributed by atoms with Gasteiger partial charge in [-0.2, -0.15) is 0 Å². The van der Waals surface area contributed by atoms with E-state index < -0.39 is 7.92 Å². The van der Waals surface area contributed by atoms with E-state index in [1.54, 1.807) is 0 Å². The number of amides is 1. The Morgan fingerprint density at radius 1 is 0.719 bits per heavy atom. The van der Waals surface area contributed by atoms with Crippen LogP contribution in [0.1, 0.15) is 15.9 Å². The molecular formula is C28H26NO2P. The summed E-state index contributed by atoms with van der Waals surface area (Å²) in [4.78, 5) is 13.4. The summed E-state index contributed by atoms with van der Waals surface area (Å²) < 4.78 is 0. The fraction of sp³-hybridized carbons (Fsp3) is 0.107. The van der Waals surface area contributed by atoms with Crippen molar-refractivity contribution in [1.29, 1.82) is 0 Å². The Morgan fingerprint density at radius 3 is 1.78 bits per heavy atom. The molecule has 160 valence electrons. The Kier molecular flexibility index (Phi) is 7.45. The lowest BCUT2D eigenvalue weighted by molar-refractivity contribution is 0.0917. The summed E-state index contributed by atoms with van der Waals surface area (Å²) in [7, 11) is -0.900. The lowest BCUT2D eigenvalue weighted by Gasteiger charge is -2.23. The first-order valence-corrected chi connectivity index (χ1v) is 12.1. The van der Waals surface area contributed by atoms with Crippen molar-refractivity contribution in [2.75, 3.05) is 6.61 Å². The number of carbonyl (C=O) groups excluding carboxylic acids is 1. The Morgan fingerprint density at radius 2 is 1.22 bits per heavy atom. The van der Waals surface area contributed by atoms with E-state index >= 15 is 0 Å². The van der Waals surface area contributed by atoms with Crippen molar-refractivity contribution in [2.24, 2.45) is 0 Å². The molecule has 4 rings (SSSR count). The molecule has 0 heterocycles. The molecule has 1 amide bonds. The second kappa shape index (κ2) is 10.9. The number of aliphatic hydroxyl groups is 1. The Hall–Kier alpha value is -3.26. The van der Waals surface area contributed by atoms with Crippen LogP contribution in [0.15, 0.2) is 115 Å². The second-order valence-corrected chi connectivity index (χ2v) is 9.75. The first kappa shape index (κ1) is 22.0. The number of carbonyl (C=O) groups is 1. The van der Waals surface area contributed by atoms with E-state index in [2.05, 4.69) is 29.6 Å². The lowest BCUT2D eigenvalue weighted by Crippen LogP contribution is -2.41. The number of hydrogen-bond donors (Lipinski definition) is 2. The van der Waals surface area contributed by atoms with Crippen molar-refractivity contribution in [1.82, 2.24) is 5.32 Å². The summed E-state index contributed by atoms with van der Waals surface area (Å²) in [5, 5.41) is 16.3. The first-order valence-electron chi connectivity index (χ1n) is 10.7. The predicted molar refractivity (Wildman–Crippen MR) is 134 cm³/mol. The van der Waals surface area contributed by atoms with Crippen LogP contribution in [0.3, 0.4) is 0 Å². The molecule has 0 aliphatic carbocycles. The van der Waals surface area contributed by atoms with Gasteiger partial charge in [-0.3, -0.25) is 4.79 Å². The molecule has 0 spiro atoms. The number of hydrogen-bond acceptors (Lipinski definition) is 2. The van der Waals surface area contributed by atoms with Gasteiger partial charge in [0.1, 0.15) is 0 Å². The van der Waals surface area contributed by atoms with Crippen molar-refractivity contribution in [3.8, 4) is 0 Å². The highest BCUT2D eigenvalue weighted by Gasteiger charge is 2.23. The first-order chi connectivity index (χ1) is 15.8. The predicted octanol–water partition coefficient (Wildman–Crippen LogP) is 3.78. The van der Waals surface area contributed by atoms with Crippen molar-refractivity contribution < 1.29 is 9.90 Å². The molecule has 4 aromatic carbocycles. The highest BCUT2D eigenvalue weighted by atomic mass is 31.1. The van der Waals surface area contributed by atoms with Crippen molar-refractivity contribution >= 4 is 29.7 Å². The van der Waals surface area contributed by atoms with Crippen LogP contribution in [0.2, 0.25) is 0 Å². The maximum atomic E-state index is 13.4. The number of rotatable bonds is 8. The Labute approximate surface area is 190 Å². The SMILES string of the molecule is O=C(N[C@H](CO)Cc1ccccc1)c1ccccc1P(c1ccccc1)c1ccccc1. The molecule has 0 bridgehead atoms. The minimum Gasteiger partial charge on any atom is -0.394 e. The van der Waals surface area contributed by atoms with E-state index in [1.807, 2.05) is 91.0 Å². The zero-order valence-electron chi connectivity index (χ0n) is 17.8. The van der Waals surface area contributed by atoms with Crippen LogP contribution in [0.25, 0.3) is 0 Å². The monoisotopic (exact) mass is 439 g/mol. The quantitative estimate of drug-likeness (QED) is 0.411. The molecule has 0 saturated heterocycles. The summed E-state index contributed by atoms with van der Waals surface area (Å²) in [6.07, 6.45) is 0.581. The fourth-order valence-corrected chi connectivity index (χ4v) is 6.21. The molecule has 0 aromatic heterocycles. The molecule has 0 aliphatic heterocycles. The summed E-state index contributed by atoms with van der Waals surface area (Å²) in [5.41, 5.74) is 1.73. The van der Waals surface area contributed by atoms with Crippen LogP contribution in [0.5, 0.6) is 0 Å². The van der Waals surface area contributed by atoms with Crippen LogP contribution in [-0.4, -0.2) is 23.7 Å².